The number of nitrogens with one attached hydrogen (secondary N) is 2. The third kappa shape index (κ3) is 7.35. The molecule has 5 atom stereocenters. The number of thiazole rings is 1. The van der Waals surface area contributed by atoms with Crippen LogP contribution in [0.4, 0.5) is 11.4 Å². The number of anilines is 1. The number of likely N-dealkylation sites (tertiary alicyclic amines) is 1. The molecule has 0 radical (unpaired) electrons. The molecule has 286 valence electrons. The Bertz CT molecular complexity index is 2090. The van der Waals surface area contributed by atoms with Crippen molar-refractivity contribution in [2.45, 2.75) is 97.4 Å². The van der Waals surface area contributed by atoms with E-state index in [4.69, 9.17) is 19.4 Å². The van der Waals surface area contributed by atoms with Crippen molar-refractivity contribution in [3.8, 4) is 22.2 Å². The van der Waals surface area contributed by atoms with Crippen molar-refractivity contribution in [2.24, 2.45) is 16.5 Å². The van der Waals surface area contributed by atoms with Crippen molar-refractivity contribution in [1.82, 2.24) is 20.2 Å². The molecule has 13 nitrogen and oxygen atoms in total. The highest BCUT2D eigenvalue weighted by molar-refractivity contribution is 7.13. The minimum absolute atomic E-state index is 0.0407. The molecule has 1 aliphatic carbocycles. The van der Waals surface area contributed by atoms with E-state index in [0.717, 1.165) is 21.7 Å². The summed E-state index contributed by atoms with van der Waals surface area (Å²) in [5.74, 6) is -0.852. The van der Waals surface area contributed by atoms with Gasteiger partial charge in [-0.2, -0.15) is 0 Å². The summed E-state index contributed by atoms with van der Waals surface area (Å²) in [7, 11) is 1.60. The minimum Gasteiger partial charge on any atom is -0.496 e. The lowest BCUT2D eigenvalue weighted by atomic mass is 9.85. The average molecular weight is 757 g/mol. The lowest BCUT2D eigenvalue weighted by molar-refractivity contribution is -0.146. The Kier molecular flexibility index (Phi) is 10.7. The zero-order valence-corrected chi connectivity index (χ0v) is 32.7. The number of aryl methyl sites for hydroxylation is 1. The summed E-state index contributed by atoms with van der Waals surface area (Å²) in [5, 5.41) is 22.8. The number of hydrogen-bond acceptors (Lipinski definition) is 11. The maximum absolute atomic E-state index is 14.7. The zero-order valence-electron chi connectivity index (χ0n) is 31.9. The van der Waals surface area contributed by atoms with Crippen LogP contribution >= 0.6 is 11.3 Å². The molecule has 3 heterocycles. The Balaban J connectivity index is 1.39. The highest BCUT2D eigenvalue weighted by atomic mass is 32.1. The van der Waals surface area contributed by atoms with Crippen LogP contribution < -0.4 is 20.1 Å². The number of carboxylic acid groups (broad SMARTS) is 1. The zero-order chi connectivity index (χ0) is 39.1. The van der Waals surface area contributed by atoms with Gasteiger partial charge >= 0.3 is 5.97 Å². The summed E-state index contributed by atoms with van der Waals surface area (Å²) in [5.41, 5.74) is 1.52. The summed E-state index contributed by atoms with van der Waals surface area (Å²) >= 11 is 1.49. The van der Waals surface area contributed by atoms with Crippen molar-refractivity contribution in [2.75, 3.05) is 19.0 Å². The fourth-order valence-corrected chi connectivity index (χ4v) is 8.21. The number of carbonyl (C=O) groups excluding carboxylic acids is 2. The van der Waals surface area contributed by atoms with E-state index in [-0.39, 0.29) is 30.5 Å². The van der Waals surface area contributed by atoms with Gasteiger partial charge < -0.3 is 30.1 Å². The van der Waals surface area contributed by atoms with Gasteiger partial charge in [-0.25, -0.2) is 14.8 Å². The van der Waals surface area contributed by atoms with E-state index in [0.29, 0.717) is 41.2 Å². The summed E-state index contributed by atoms with van der Waals surface area (Å²) in [6.07, 6.45) is 0.359. The number of aliphatic carboxylic acids is 1. The number of pyridine rings is 1. The van der Waals surface area contributed by atoms with E-state index in [2.05, 4.69) is 29.7 Å². The number of carbonyl (C=O) groups is 3. The molecule has 0 unspecified atom stereocenters. The monoisotopic (exact) mass is 756 g/mol. The van der Waals surface area contributed by atoms with Gasteiger partial charge in [0.2, 0.25) is 11.8 Å². The van der Waals surface area contributed by atoms with Crippen molar-refractivity contribution in [3.05, 3.63) is 64.0 Å². The number of amides is 2. The molecule has 2 amide bonds. The molecule has 14 heteroatoms. The number of nitroso groups, excluding NO2 is 1. The van der Waals surface area contributed by atoms with Crippen LogP contribution in [0.5, 0.6) is 11.5 Å². The quantitative estimate of drug-likeness (QED) is 0.116. The average Bonchev–Trinajstić information content (AvgIpc) is 3.42. The number of hydrogen-bond donors (Lipinski definition) is 3. The van der Waals surface area contributed by atoms with E-state index in [1.807, 2.05) is 58.2 Å². The molecule has 0 bridgehead atoms. The van der Waals surface area contributed by atoms with Gasteiger partial charge in [-0.05, 0) is 60.0 Å². The fourth-order valence-electron chi connectivity index (χ4n) is 7.27. The van der Waals surface area contributed by atoms with Gasteiger partial charge in [-0.15, -0.1) is 16.2 Å². The summed E-state index contributed by atoms with van der Waals surface area (Å²) in [6.45, 7) is 13.7. The summed E-state index contributed by atoms with van der Waals surface area (Å²) < 4.78 is 12.4. The number of fused-ring (bicyclic) bond motifs is 1. The van der Waals surface area contributed by atoms with Gasteiger partial charge in [0.05, 0.1) is 30.6 Å². The SMILES string of the molecule is CC[C@@H]1C[C@]1(NC(=O)[C@@H]1C[C@@H](Oc2cc(-c3nc(C(C)C)cs3)nc3c(C)c(OC)ccc23)CN1C(=O)[C@@H](Nc1ccccc1N=O)C(C)(C)C)C(=O)O. The molecule has 54 heavy (non-hydrogen) atoms. The Morgan fingerprint density at radius 2 is 1.87 bits per heavy atom. The smallest absolute Gasteiger partial charge is 0.329 e. The van der Waals surface area contributed by atoms with Crippen molar-refractivity contribution in [3.63, 3.8) is 0 Å². The molecule has 1 saturated carbocycles. The first-order chi connectivity index (χ1) is 25.6. The van der Waals surface area contributed by atoms with Crippen molar-refractivity contribution in [1.29, 1.82) is 0 Å². The molecule has 2 aliphatic rings. The number of benzene rings is 2. The van der Waals surface area contributed by atoms with E-state index in [1.54, 1.807) is 31.4 Å². The highest BCUT2D eigenvalue weighted by Gasteiger charge is 2.61. The van der Waals surface area contributed by atoms with E-state index in [9.17, 15) is 24.4 Å². The van der Waals surface area contributed by atoms with Gasteiger partial charge in [-0.3, -0.25) is 9.59 Å². The maximum Gasteiger partial charge on any atom is 0.329 e. The minimum atomic E-state index is -1.38. The lowest BCUT2D eigenvalue weighted by Gasteiger charge is -2.36. The molecule has 1 saturated heterocycles. The summed E-state index contributed by atoms with van der Waals surface area (Å²) in [4.78, 5) is 64.4. The van der Waals surface area contributed by atoms with Gasteiger partial charge in [0.15, 0.2) is 0 Å². The van der Waals surface area contributed by atoms with Gasteiger partial charge in [-0.1, -0.05) is 60.1 Å². The molecular formula is C40H48N6O7S. The molecule has 4 aromatic rings. The molecule has 6 rings (SSSR count). The van der Waals surface area contributed by atoms with Crippen LogP contribution in [0.15, 0.2) is 53.0 Å². The highest BCUT2D eigenvalue weighted by Crippen LogP contribution is 2.46. The normalized spacial score (nSPS) is 21.5. The number of carboxylic acids is 1. The number of para-hydroxylation sites is 1. The Morgan fingerprint density at radius 1 is 1.13 bits per heavy atom. The number of rotatable bonds is 13. The Hall–Kier alpha value is -5.11. The lowest BCUT2D eigenvalue weighted by Crippen LogP contribution is -2.56. The van der Waals surface area contributed by atoms with Crippen molar-refractivity contribution >= 4 is 51.4 Å². The summed E-state index contributed by atoms with van der Waals surface area (Å²) in [6, 6.07) is 10.3. The molecule has 0 spiro atoms. The second-order valence-corrected chi connectivity index (χ2v) is 16.5. The Labute approximate surface area is 318 Å². The van der Waals surface area contributed by atoms with Crippen molar-refractivity contribution < 1.29 is 29.0 Å². The fraction of sp³-hybridized carbons (Fsp3) is 0.475. The van der Waals surface area contributed by atoms with Gasteiger partial charge in [0.25, 0.3) is 0 Å². The van der Waals surface area contributed by atoms with Gasteiger partial charge in [0.1, 0.15) is 51.6 Å². The van der Waals surface area contributed by atoms with Crippen LogP contribution in [-0.4, -0.2) is 75.1 Å². The molecule has 1 aliphatic heterocycles. The van der Waals surface area contributed by atoms with Crippen LogP contribution in [-0.2, 0) is 14.4 Å². The largest absolute Gasteiger partial charge is 0.496 e. The first kappa shape index (κ1) is 38.6. The second kappa shape index (κ2) is 15.0. The first-order valence-corrected chi connectivity index (χ1v) is 19.1. The van der Waals surface area contributed by atoms with Gasteiger partial charge in [0, 0.05) is 28.8 Å². The Morgan fingerprint density at radius 3 is 2.48 bits per heavy atom. The second-order valence-electron chi connectivity index (χ2n) is 15.6. The number of methoxy groups -OCH3 is 1. The molecular weight excluding hydrogens is 709 g/mol. The molecule has 2 fully saturated rings. The van der Waals surface area contributed by atoms with E-state index in [1.165, 1.54) is 16.2 Å². The third-order valence-corrected chi connectivity index (χ3v) is 11.5. The topological polar surface area (TPSA) is 172 Å². The van der Waals surface area contributed by atoms with Crippen LogP contribution in [0.1, 0.15) is 78.0 Å². The maximum atomic E-state index is 14.7. The number of nitrogens with zero attached hydrogens (tertiary/aromatic N) is 4. The van der Waals surface area contributed by atoms with Crippen LogP contribution in [0.2, 0.25) is 0 Å². The van der Waals surface area contributed by atoms with Crippen LogP contribution in [0.25, 0.3) is 21.6 Å². The van der Waals surface area contributed by atoms with E-state index < -0.39 is 46.9 Å². The van der Waals surface area contributed by atoms with Crippen LogP contribution in [0, 0.1) is 23.2 Å². The predicted molar refractivity (Wildman–Crippen MR) is 208 cm³/mol. The van der Waals surface area contributed by atoms with E-state index >= 15 is 0 Å². The van der Waals surface area contributed by atoms with Crippen LogP contribution in [0.3, 0.4) is 0 Å². The molecule has 2 aromatic carbocycles. The molecule has 2 aromatic heterocycles. The molecule has 3 N–H and O–H groups in total. The number of ether oxygens (including phenoxy) is 2. The standard InChI is InChI=1S/C40H48N6O7S/c1-9-23-18-40(23,38(49)50)44-35(47)30-16-24(19-46(30)37(48)34(39(5,6)7)42-26-12-10-11-13-27(26)45-51)53-32-17-28(36-43-29(20-54-36)21(2)3)41-33-22(4)31(52-8)15-14-25(32)33/h10-15,17,20-21,23-24,30,34,42H,9,16,18-19H2,1-8H3,(H,44,47)(H,49,50)/t23-,24-,30+,34-,40-/m1/s1. The predicted octanol–water partition coefficient (Wildman–Crippen LogP) is 7.44. The third-order valence-electron chi connectivity index (χ3n) is 10.6. The number of aromatic nitrogens is 2. The first-order valence-electron chi connectivity index (χ1n) is 18.3.